The van der Waals surface area contributed by atoms with Gasteiger partial charge in [0.2, 0.25) is 5.91 Å². The Kier molecular flexibility index (Phi) is 6.33. The number of halogens is 1. The maximum atomic E-state index is 13.7. The molecule has 0 bridgehead atoms. The third-order valence-corrected chi connectivity index (χ3v) is 1.77. The lowest BCUT2D eigenvalue weighted by molar-refractivity contribution is -0.123. The molecule has 0 aliphatic carbocycles. The predicted octanol–water partition coefficient (Wildman–Crippen LogP) is 1.22. The largest absolute Gasteiger partial charge is 0.369 e. The van der Waals surface area contributed by atoms with Gasteiger partial charge in [0, 0.05) is 21.0 Å². The van der Waals surface area contributed by atoms with E-state index in [9.17, 15) is 14.0 Å². The number of carbonyl (C=O) groups excluding carboxylic acids is 2. The lowest BCUT2D eigenvalue weighted by Crippen LogP contribution is -2.35. The van der Waals surface area contributed by atoms with Crippen molar-refractivity contribution in [1.82, 2.24) is 9.80 Å². The third kappa shape index (κ3) is 5.24. The lowest BCUT2D eigenvalue weighted by Gasteiger charge is -2.11. The van der Waals surface area contributed by atoms with E-state index >= 15 is 0 Å². The van der Waals surface area contributed by atoms with E-state index < -0.39 is 17.8 Å². The Morgan fingerprint density at radius 3 is 2.22 bits per heavy atom. The van der Waals surface area contributed by atoms with E-state index in [2.05, 4.69) is 4.99 Å². The molecule has 0 saturated carbocycles. The fourth-order valence-electron chi connectivity index (χ4n) is 0.941. The molecule has 0 atom stereocenters. The molecule has 100 valence electrons. The van der Waals surface area contributed by atoms with Gasteiger partial charge in [0.1, 0.15) is 0 Å². The number of nitrogens with two attached hydrogens (primary N) is 1. The molecule has 2 N–H and O–H groups in total. The summed E-state index contributed by atoms with van der Waals surface area (Å²) in [5, 5.41) is 0. The average molecular weight is 256 g/mol. The smallest absolute Gasteiger partial charge is 0.325 e. The zero-order chi connectivity index (χ0) is 14.3. The summed E-state index contributed by atoms with van der Waals surface area (Å²) in [5.74, 6) is -1.51. The van der Waals surface area contributed by atoms with Crippen molar-refractivity contribution in [3.63, 3.8) is 0 Å². The van der Waals surface area contributed by atoms with Crippen LogP contribution in [0.4, 0.5) is 9.18 Å². The number of aliphatic imine (C=N–C) groups is 1. The topological polar surface area (TPSA) is 79.0 Å². The number of carbonyl (C=O) groups is 2. The van der Waals surface area contributed by atoms with Crippen LogP contribution in [0.15, 0.2) is 28.8 Å². The lowest BCUT2D eigenvalue weighted by atomic mass is 10.3. The highest BCUT2D eigenvalue weighted by Gasteiger charge is 2.14. The van der Waals surface area contributed by atoms with Crippen molar-refractivity contribution in [3.8, 4) is 0 Å². The summed E-state index contributed by atoms with van der Waals surface area (Å²) in [5.41, 5.74) is 4.93. The molecule has 0 saturated heterocycles. The van der Waals surface area contributed by atoms with Crippen molar-refractivity contribution in [2.45, 2.75) is 13.8 Å². The summed E-state index contributed by atoms with van der Waals surface area (Å²) in [7, 11) is 3.45. The van der Waals surface area contributed by atoms with Crippen LogP contribution < -0.4 is 5.73 Å². The molecule has 0 radical (unpaired) electrons. The van der Waals surface area contributed by atoms with Crippen LogP contribution in [-0.2, 0) is 4.79 Å². The molecule has 0 aromatic heterocycles. The highest BCUT2D eigenvalue weighted by molar-refractivity contribution is 5.93. The van der Waals surface area contributed by atoms with E-state index in [1.807, 2.05) is 0 Å². The van der Waals surface area contributed by atoms with Crippen LogP contribution in [0.1, 0.15) is 13.8 Å². The van der Waals surface area contributed by atoms with Crippen LogP contribution in [-0.4, -0.2) is 42.2 Å². The Balaban J connectivity index is 5.15. The van der Waals surface area contributed by atoms with Crippen LogP contribution in [0, 0.1) is 0 Å². The number of imide groups is 1. The zero-order valence-corrected chi connectivity index (χ0v) is 10.8. The first-order valence-electron chi connectivity index (χ1n) is 5.13. The number of primary amides is 1. The van der Waals surface area contributed by atoms with Crippen molar-refractivity contribution in [3.05, 3.63) is 23.8 Å². The van der Waals surface area contributed by atoms with Gasteiger partial charge in [-0.3, -0.25) is 4.79 Å². The van der Waals surface area contributed by atoms with Gasteiger partial charge in [0.05, 0.1) is 18.2 Å². The number of hydrogen-bond acceptors (Lipinski definition) is 3. The van der Waals surface area contributed by atoms with Gasteiger partial charge >= 0.3 is 6.03 Å². The maximum Gasteiger partial charge on any atom is 0.325 e. The fourth-order valence-corrected chi connectivity index (χ4v) is 0.941. The Morgan fingerprint density at radius 2 is 1.89 bits per heavy atom. The first-order chi connectivity index (χ1) is 8.29. The standard InChI is InChI=1S/C11H17FN4O2/c1-5-10(14-7-15(3)4)9(12)6-16(8(2)17)11(13)18/h5-7H,1-4H3,(H2,13,18)/b9-6+,10-5+,14-7+. The molecule has 0 aromatic rings. The van der Waals surface area contributed by atoms with Crippen molar-refractivity contribution in [2.24, 2.45) is 10.7 Å². The van der Waals surface area contributed by atoms with E-state index in [0.29, 0.717) is 11.1 Å². The molecule has 0 unspecified atom stereocenters. The van der Waals surface area contributed by atoms with E-state index in [0.717, 1.165) is 6.92 Å². The minimum absolute atomic E-state index is 0.00352. The molecule has 0 rings (SSSR count). The molecule has 0 aromatic carbocycles. The second-order valence-electron chi connectivity index (χ2n) is 3.59. The molecule has 0 spiro atoms. The van der Waals surface area contributed by atoms with Gasteiger partial charge in [-0.2, -0.15) is 0 Å². The van der Waals surface area contributed by atoms with Crippen molar-refractivity contribution in [2.75, 3.05) is 14.1 Å². The van der Waals surface area contributed by atoms with Crippen LogP contribution >= 0.6 is 0 Å². The van der Waals surface area contributed by atoms with E-state index in [4.69, 9.17) is 5.73 Å². The monoisotopic (exact) mass is 256 g/mol. The Labute approximate surface area is 105 Å². The van der Waals surface area contributed by atoms with Gasteiger partial charge in [0.25, 0.3) is 0 Å². The van der Waals surface area contributed by atoms with Crippen LogP contribution in [0.2, 0.25) is 0 Å². The minimum atomic E-state index is -1.05. The number of allylic oxidation sites excluding steroid dienone is 2. The summed E-state index contributed by atoms with van der Waals surface area (Å²) < 4.78 is 13.7. The third-order valence-electron chi connectivity index (χ3n) is 1.77. The average Bonchev–Trinajstić information content (AvgIpc) is 2.25. The highest BCUT2D eigenvalue weighted by Crippen LogP contribution is 2.14. The first kappa shape index (κ1) is 15.8. The number of rotatable bonds is 4. The highest BCUT2D eigenvalue weighted by atomic mass is 19.1. The number of hydrogen-bond donors (Lipinski definition) is 1. The molecule has 6 nitrogen and oxygen atoms in total. The van der Waals surface area contributed by atoms with Crippen molar-refractivity contribution < 1.29 is 14.0 Å². The summed E-state index contributed by atoms with van der Waals surface area (Å²) in [6, 6.07) is -1.05. The SMILES string of the molecule is C/C=C(/N=C/N(C)C)C(\F)=C/N(C(C)=O)C(N)=O. The van der Waals surface area contributed by atoms with Crippen molar-refractivity contribution in [1.29, 1.82) is 0 Å². The fraction of sp³-hybridized carbons (Fsp3) is 0.364. The molecule has 0 aliphatic rings. The van der Waals surface area contributed by atoms with Gasteiger partial charge in [-0.1, -0.05) is 6.08 Å². The van der Waals surface area contributed by atoms with Gasteiger partial charge in [-0.15, -0.1) is 0 Å². The quantitative estimate of drug-likeness (QED) is 0.466. The maximum absolute atomic E-state index is 13.7. The zero-order valence-electron chi connectivity index (χ0n) is 10.8. The van der Waals surface area contributed by atoms with E-state index in [-0.39, 0.29) is 5.70 Å². The van der Waals surface area contributed by atoms with Crippen LogP contribution in [0.5, 0.6) is 0 Å². The molecular weight excluding hydrogens is 239 g/mol. The van der Waals surface area contributed by atoms with Gasteiger partial charge in [0.15, 0.2) is 5.83 Å². The predicted molar refractivity (Wildman–Crippen MR) is 67.2 cm³/mol. The molecule has 0 aliphatic heterocycles. The summed E-state index contributed by atoms with van der Waals surface area (Å²) >= 11 is 0. The molecular formula is C11H17FN4O2. The van der Waals surface area contributed by atoms with Gasteiger partial charge < -0.3 is 10.6 Å². The van der Waals surface area contributed by atoms with Gasteiger partial charge in [-0.05, 0) is 6.92 Å². The normalized spacial score (nSPS) is 12.7. The van der Waals surface area contributed by atoms with Crippen LogP contribution in [0.3, 0.4) is 0 Å². The Bertz CT molecular complexity index is 399. The molecule has 7 heteroatoms. The molecule has 3 amide bonds. The second kappa shape index (κ2) is 7.21. The Hall–Kier alpha value is -2.18. The summed E-state index contributed by atoms with van der Waals surface area (Å²) in [6.07, 6.45) is 3.52. The first-order valence-corrected chi connectivity index (χ1v) is 5.13. The number of urea groups is 1. The number of amides is 3. The van der Waals surface area contributed by atoms with E-state index in [1.165, 1.54) is 12.4 Å². The van der Waals surface area contributed by atoms with Gasteiger partial charge in [-0.25, -0.2) is 19.1 Å². The molecule has 0 heterocycles. The minimum Gasteiger partial charge on any atom is -0.369 e. The summed E-state index contributed by atoms with van der Waals surface area (Å²) in [6.45, 7) is 2.69. The van der Waals surface area contributed by atoms with Crippen LogP contribution in [0.25, 0.3) is 0 Å². The number of nitrogens with zero attached hydrogens (tertiary/aromatic N) is 3. The Morgan fingerprint density at radius 1 is 1.33 bits per heavy atom. The molecule has 0 fully saturated rings. The second-order valence-corrected chi connectivity index (χ2v) is 3.59. The molecule has 18 heavy (non-hydrogen) atoms. The van der Waals surface area contributed by atoms with E-state index in [1.54, 1.807) is 25.9 Å². The summed E-state index contributed by atoms with van der Waals surface area (Å²) in [4.78, 5) is 27.9. The van der Waals surface area contributed by atoms with Crippen molar-refractivity contribution >= 4 is 18.3 Å².